The highest BCUT2D eigenvalue weighted by atomic mass is 35.5. The van der Waals surface area contributed by atoms with Gasteiger partial charge in [0.1, 0.15) is 5.69 Å². The highest BCUT2D eigenvalue weighted by molar-refractivity contribution is 6.33. The Hall–Kier alpha value is -1.33. The van der Waals surface area contributed by atoms with Crippen molar-refractivity contribution in [3.63, 3.8) is 0 Å². The molecule has 1 aliphatic rings. The van der Waals surface area contributed by atoms with Crippen LogP contribution in [0, 0.1) is 10.1 Å². The highest BCUT2D eigenvalue weighted by Crippen LogP contribution is 2.36. The predicted octanol–water partition coefficient (Wildman–Crippen LogP) is 2.86. The molecular weight excluding hydrogens is 256 g/mol. The minimum absolute atomic E-state index is 0.0321. The van der Waals surface area contributed by atoms with Gasteiger partial charge in [-0.3, -0.25) is 10.1 Å². The summed E-state index contributed by atoms with van der Waals surface area (Å²) in [5.41, 5.74) is 0.537. The average molecular weight is 271 g/mol. The Bertz CT molecular complexity index is 457. The minimum atomic E-state index is -0.397. The van der Waals surface area contributed by atoms with Gasteiger partial charge < -0.3 is 9.64 Å². The molecule has 0 unspecified atom stereocenters. The highest BCUT2D eigenvalue weighted by Gasteiger charge is 2.29. The Kier molecular flexibility index (Phi) is 3.73. The van der Waals surface area contributed by atoms with Crippen LogP contribution in [0.25, 0.3) is 0 Å². The maximum atomic E-state index is 11.1. The topological polar surface area (TPSA) is 55.6 Å². The number of nitro groups is 1. The summed E-state index contributed by atoms with van der Waals surface area (Å²) in [4.78, 5) is 12.6. The van der Waals surface area contributed by atoms with Crippen molar-refractivity contribution in [2.75, 3.05) is 18.0 Å². The molecule has 0 aromatic heterocycles. The Morgan fingerprint density at radius 1 is 1.39 bits per heavy atom. The summed E-state index contributed by atoms with van der Waals surface area (Å²) < 4.78 is 5.62. The molecule has 98 valence electrons. The molecular formula is C12H15ClN2O3. The van der Waals surface area contributed by atoms with Gasteiger partial charge >= 0.3 is 0 Å². The molecule has 18 heavy (non-hydrogen) atoms. The molecule has 1 fully saturated rings. The van der Waals surface area contributed by atoms with Gasteiger partial charge in [0.25, 0.3) is 5.69 Å². The van der Waals surface area contributed by atoms with Crippen LogP contribution >= 0.6 is 11.6 Å². The van der Waals surface area contributed by atoms with Gasteiger partial charge in [0.2, 0.25) is 0 Å². The SMILES string of the molecule is C[C@@H]1CN(c2c(Cl)cccc2[N+](=O)[O-])C[C@H](C)O1. The first-order valence-corrected chi connectivity index (χ1v) is 6.20. The Morgan fingerprint density at radius 2 is 2.00 bits per heavy atom. The van der Waals surface area contributed by atoms with E-state index < -0.39 is 4.92 Å². The lowest BCUT2D eigenvalue weighted by Gasteiger charge is -2.36. The lowest BCUT2D eigenvalue weighted by Crippen LogP contribution is -2.45. The van der Waals surface area contributed by atoms with E-state index in [0.29, 0.717) is 23.8 Å². The van der Waals surface area contributed by atoms with Crippen molar-refractivity contribution in [2.45, 2.75) is 26.1 Å². The number of morpholine rings is 1. The van der Waals surface area contributed by atoms with E-state index in [9.17, 15) is 10.1 Å². The third-order valence-corrected chi connectivity index (χ3v) is 3.20. The number of hydrogen-bond donors (Lipinski definition) is 0. The molecule has 1 aromatic rings. The van der Waals surface area contributed by atoms with Crippen molar-refractivity contribution in [1.82, 2.24) is 0 Å². The van der Waals surface area contributed by atoms with Gasteiger partial charge in [-0.05, 0) is 19.9 Å². The molecule has 6 heteroatoms. The van der Waals surface area contributed by atoms with Crippen molar-refractivity contribution < 1.29 is 9.66 Å². The van der Waals surface area contributed by atoms with E-state index in [4.69, 9.17) is 16.3 Å². The van der Waals surface area contributed by atoms with Crippen molar-refractivity contribution >= 4 is 23.0 Å². The minimum Gasteiger partial charge on any atom is -0.372 e. The van der Waals surface area contributed by atoms with E-state index in [1.807, 2.05) is 18.7 Å². The largest absolute Gasteiger partial charge is 0.372 e. The number of rotatable bonds is 2. The first-order chi connectivity index (χ1) is 8.49. The summed E-state index contributed by atoms with van der Waals surface area (Å²) >= 11 is 6.12. The second-order valence-corrected chi connectivity index (χ2v) is 4.93. The first kappa shape index (κ1) is 13.1. The van der Waals surface area contributed by atoms with Crippen LogP contribution in [-0.4, -0.2) is 30.2 Å². The molecule has 1 aromatic carbocycles. The van der Waals surface area contributed by atoms with E-state index in [2.05, 4.69) is 0 Å². The van der Waals surface area contributed by atoms with Crippen LogP contribution < -0.4 is 4.90 Å². The Morgan fingerprint density at radius 3 is 2.56 bits per heavy atom. The summed E-state index contributed by atoms with van der Waals surface area (Å²) in [6.45, 7) is 5.11. The fourth-order valence-electron chi connectivity index (χ4n) is 2.32. The third kappa shape index (κ3) is 2.57. The Labute approximate surface area is 110 Å². The molecule has 0 N–H and O–H groups in total. The van der Waals surface area contributed by atoms with Crippen LogP contribution in [0.15, 0.2) is 18.2 Å². The second-order valence-electron chi connectivity index (χ2n) is 4.53. The molecule has 0 spiro atoms. The summed E-state index contributed by atoms with van der Waals surface area (Å²) in [6.07, 6.45) is 0.0641. The van der Waals surface area contributed by atoms with E-state index in [0.717, 1.165) is 0 Å². The van der Waals surface area contributed by atoms with Gasteiger partial charge in [-0.15, -0.1) is 0 Å². The molecule has 0 amide bonds. The van der Waals surface area contributed by atoms with Crippen LogP contribution in [0.1, 0.15) is 13.8 Å². The molecule has 1 saturated heterocycles. The molecule has 1 aliphatic heterocycles. The zero-order valence-corrected chi connectivity index (χ0v) is 11.1. The van der Waals surface area contributed by atoms with Crippen molar-refractivity contribution in [3.8, 4) is 0 Å². The molecule has 0 aliphatic carbocycles. The number of benzene rings is 1. The van der Waals surface area contributed by atoms with Crippen LogP contribution in [-0.2, 0) is 4.74 Å². The lowest BCUT2D eigenvalue weighted by atomic mass is 10.1. The van der Waals surface area contributed by atoms with Gasteiger partial charge in [0.05, 0.1) is 22.2 Å². The third-order valence-electron chi connectivity index (χ3n) is 2.90. The molecule has 0 bridgehead atoms. The number of nitrogens with zero attached hydrogens (tertiary/aromatic N) is 2. The van der Waals surface area contributed by atoms with Gasteiger partial charge in [0.15, 0.2) is 0 Å². The summed E-state index contributed by atoms with van der Waals surface area (Å²) in [7, 11) is 0. The summed E-state index contributed by atoms with van der Waals surface area (Å²) in [5.74, 6) is 0. The van der Waals surface area contributed by atoms with Gasteiger partial charge in [0, 0.05) is 19.2 Å². The van der Waals surface area contributed by atoms with Crippen molar-refractivity contribution in [3.05, 3.63) is 33.3 Å². The molecule has 2 rings (SSSR count). The van der Waals surface area contributed by atoms with Crippen molar-refractivity contribution in [2.24, 2.45) is 0 Å². The summed E-state index contributed by atoms with van der Waals surface area (Å²) in [5, 5.41) is 11.5. The molecule has 5 nitrogen and oxygen atoms in total. The zero-order chi connectivity index (χ0) is 13.3. The normalized spacial score (nSPS) is 24.1. The molecule has 0 saturated carbocycles. The quantitative estimate of drug-likeness (QED) is 0.612. The summed E-state index contributed by atoms with van der Waals surface area (Å²) in [6, 6.07) is 4.75. The van der Waals surface area contributed by atoms with Crippen LogP contribution in [0.2, 0.25) is 5.02 Å². The van der Waals surface area contributed by atoms with Gasteiger partial charge in [-0.2, -0.15) is 0 Å². The maximum Gasteiger partial charge on any atom is 0.294 e. The Balaban J connectivity index is 2.40. The van der Waals surface area contributed by atoms with E-state index >= 15 is 0 Å². The fourth-order valence-corrected chi connectivity index (χ4v) is 2.61. The van der Waals surface area contributed by atoms with Gasteiger partial charge in [-0.1, -0.05) is 17.7 Å². The number of anilines is 1. The average Bonchev–Trinajstić information content (AvgIpc) is 2.26. The molecule has 0 radical (unpaired) electrons. The van der Waals surface area contributed by atoms with Crippen LogP contribution in [0.4, 0.5) is 11.4 Å². The van der Waals surface area contributed by atoms with Gasteiger partial charge in [-0.25, -0.2) is 0 Å². The number of para-hydroxylation sites is 1. The maximum absolute atomic E-state index is 11.1. The fraction of sp³-hybridized carbons (Fsp3) is 0.500. The predicted molar refractivity (Wildman–Crippen MR) is 70.3 cm³/mol. The second kappa shape index (κ2) is 5.12. The number of ether oxygens (including phenoxy) is 1. The van der Waals surface area contributed by atoms with Crippen molar-refractivity contribution in [1.29, 1.82) is 0 Å². The first-order valence-electron chi connectivity index (χ1n) is 5.82. The van der Waals surface area contributed by atoms with Crippen LogP contribution in [0.5, 0.6) is 0 Å². The van der Waals surface area contributed by atoms with E-state index in [1.165, 1.54) is 6.07 Å². The van der Waals surface area contributed by atoms with E-state index in [1.54, 1.807) is 12.1 Å². The number of hydrogen-bond acceptors (Lipinski definition) is 4. The monoisotopic (exact) mass is 270 g/mol. The zero-order valence-electron chi connectivity index (χ0n) is 10.3. The smallest absolute Gasteiger partial charge is 0.294 e. The standard InChI is InChI=1S/C12H15ClN2O3/c1-8-6-14(7-9(2)18-8)12-10(13)4-3-5-11(12)15(16)17/h3-5,8-9H,6-7H2,1-2H3/t8-,9+. The van der Waals surface area contributed by atoms with Crippen LogP contribution in [0.3, 0.4) is 0 Å². The van der Waals surface area contributed by atoms with E-state index in [-0.39, 0.29) is 17.9 Å². The lowest BCUT2D eigenvalue weighted by molar-refractivity contribution is -0.384. The molecule has 2 atom stereocenters. The number of halogens is 1. The molecule has 1 heterocycles. The number of nitro benzene ring substituents is 1.